The van der Waals surface area contributed by atoms with Gasteiger partial charge in [0.15, 0.2) is 0 Å². The summed E-state index contributed by atoms with van der Waals surface area (Å²) in [4.78, 5) is 6.95. The fourth-order valence-electron chi connectivity index (χ4n) is 0.873. The summed E-state index contributed by atoms with van der Waals surface area (Å²) >= 11 is 0. The lowest BCUT2D eigenvalue weighted by molar-refractivity contribution is 0.116. The van der Waals surface area contributed by atoms with Crippen molar-refractivity contribution in [3.63, 3.8) is 0 Å². The van der Waals surface area contributed by atoms with Gasteiger partial charge in [-0.1, -0.05) is 6.92 Å². The van der Waals surface area contributed by atoms with Crippen molar-refractivity contribution in [3.8, 4) is 0 Å². The van der Waals surface area contributed by atoms with Crippen molar-refractivity contribution in [1.82, 2.24) is 9.97 Å². The topological polar surface area (TPSA) is 58.1 Å². The van der Waals surface area contributed by atoms with Crippen molar-refractivity contribution in [2.45, 2.75) is 26.6 Å². The molecule has 1 aromatic rings. The van der Waals surface area contributed by atoms with Crippen LogP contribution in [0.15, 0.2) is 6.20 Å². The number of aromatic amines is 1. The zero-order chi connectivity index (χ0) is 8.81. The molecule has 0 saturated carbocycles. The Morgan fingerprint density at radius 2 is 2.50 bits per heavy atom. The average molecular weight is 170 g/mol. The Bertz CT molecular complexity index is 223. The Morgan fingerprint density at radius 1 is 1.67 bits per heavy atom. The van der Waals surface area contributed by atoms with Gasteiger partial charge in [-0.3, -0.25) is 0 Å². The molecular weight excluding hydrogens is 156 g/mol. The van der Waals surface area contributed by atoms with Gasteiger partial charge in [0.2, 0.25) is 0 Å². The van der Waals surface area contributed by atoms with Gasteiger partial charge in [-0.05, 0) is 6.42 Å². The number of aromatic nitrogens is 2. The van der Waals surface area contributed by atoms with Crippen LogP contribution in [-0.2, 0) is 18.0 Å². The van der Waals surface area contributed by atoms with Crippen molar-refractivity contribution < 1.29 is 9.84 Å². The van der Waals surface area contributed by atoms with Gasteiger partial charge in [0.1, 0.15) is 12.4 Å². The quantitative estimate of drug-likeness (QED) is 0.643. The Labute approximate surface area is 71.6 Å². The summed E-state index contributed by atoms with van der Waals surface area (Å²) in [6.45, 7) is 3.30. The molecule has 0 radical (unpaired) electrons. The van der Waals surface area contributed by atoms with E-state index < -0.39 is 0 Å². The van der Waals surface area contributed by atoms with E-state index in [0.29, 0.717) is 6.61 Å². The summed E-state index contributed by atoms with van der Waals surface area (Å²) < 4.78 is 5.25. The highest BCUT2D eigenvalue weighted by Crippen LogP contribution is 1.98. The summed E-state index contributed by atoms with van der Waals surface area (Å²) in [5.41, 5.74) is 0.727. The summed E-state index contributed by atoms with van der Waals surface area (Å²) in [6, 6.07) is 0. The first kappa shape index (κ1) is 9.22. The predicted octanol–water partition coefficient (Wildman–Crippen LogP) is 0.829. The minimum Gasteiger partial charge on any atom is -0.390 e. The van der Waals surface area contributed by atoms with Crippen LogP contribution in [0.3, 0.4) is 0 Å². The van der Waals surface area contributed by atoms with Crippen LogP contribution in [0.2, 0.25) is 0 Å². The SMILES string of the molecule is CCCOCc1ncc(CO)[nH]1. The maximum absolute atomic E-state index is 8.71. The number of hydrogen-bond acceptors (Lipinski definition) is 3. The molecule has 0 aliphatic heterocycles. The molecule has 0 unspecified atom stereocenters. The maximum atomic E-state index is 8.71. The Balaban J connectivity index is 2.31. The van der Waals surface area contributed by atoms with Crippen LogP contribution in [0.5, 0.6) is 0 Å². The molecule has 0 aromatic carbocycles. The van der Waals surface area contributed by atoms with Crippen molar-refractivity contribution in [2.24, 2.45) is 0 Å². The van der Waals surface area contributed by atoms with E-state index >= 15 is 0 Å². The lowest BCUT2D eigenvalue weighted by Gasteiger charge is -1.97. The zero-order valence-electron chi connectivity index (χ0n) is 7.21. The van der Waals surface area contributed by atoms with Crippen molar-refractivity contribution >= 4 is 0 Å². The van der Waals surface area contributed by atoms with Crippen LogP contribution in [0.4, 0.5) is 0 Å². The van der Waals surface area contributed by atoms with Gasteiger partial charge in [-0.2, -0.15) is 0 Å². The fraction of sp³-hybridized carbons (Fsp3) is 0.625. The molecule has 1 rings (SSSR count). The lowest BCUT2D eigenvalue weighted by atomic mass is 10.5. The number of imidazole rings is 1. The normalized spacial score (nSPS) is 10.5. The van der Waals surface area contributed by atoms with Crippen LogP contribution < -0.4 is 0 Å². The first-order valence-electron chi connectivity index (χ1n) is 4.08. The number of aliphatic hydroxyl groups excluding tert-OH is 1. The molecule has 2 N–H and O–H groups in total. The largest absolute Gasteiger partial charge is 0.390 e. The molecule has 0 fully saturated rings. The van der Waals surface area contributed by atoms with E-state index in [2.05, 4.69) is 16.9 Å². The van der Waals surface area contributed by atoms with Gasteiger partial charge in [0.25, 0.3) is 0 Å². The fourth-order valence-corrected chi connectivity index (χ4v) is 0.873. The molecule has 0 aliphatic carbocycles. The summed E-state index contributed by atoms with van der Waals surface area (Å²) in [7, 11) is 0. The molecule has 1 aromatic heterocycles. The molecule has 1 heterocycles. The number of H-pyrrole nitrogens is 1. The third kappa shape index (κ3) is 2.64. The highest BCUT2D eigenvalue weighted by Gasteiger charge is 1.98. The van der Waals surface area contributed by atoms with Crippen molar-refractivity contribution in [1.29, 1.82) is 0 Å². The van der Waals surface area contributed by atoms with Gasteiger partial charge in [0, 0.05) is 6.61 Å². The van der Waals surface area contributed by atoms with Gasteiger partial charge in [0.05, 0.1) is 18.5 Å². The number of nitrogens with zero attached hydrogens (tertiary/aromatic N) is 1. The number of ether oxygens (including phenoxy) is 1. The van der Waals surface area contributed by atoms with Gasteiger partial charge >= 0.3 is 0 Å². The second kappa shape index (κ2) is 4.90. The predicted molar refractivity (Wildman–Crippen MR) is 44.5 cm³/mol. The molecule has 0 amide bonds. The Kier molecular flexibility index (Phi) is 3.76. The summed E-state index contributed by atoms with van der Waals surface area (Å²) in [5, 5.41) is 8.71. The van der Waals surface area contributed by atoms with Crippen LogP contribution in [0.1, 0.15) is 24.9 Å². The molecule has 0 saturated heterocycles. The van der Waals surface area contributed by atoms with Crippen LogP contribution in [0, 0.1) is 0 Å². The summed E-state index contributed by atoms with van der Waals surface area (Å²) in [5.74, 6) is 0.771. The van der Waals surface area contributed by atoms with E-state index in [9.17, 15) is 0 Å². The van der Waals surface area contributed by atoms with Crippen molar-refractivity contribution in [2.75, 3.05) is 6.61 Å². The van der Waals surface area contributed by atoms with E-state index in [1.165, 1.54) is 0 Å². The molecule has 4 heteroatoms. The minimum atomic E-state index is 0.000772. The number of rotatable bonds is 5. The molecule has 68 valence electrons. The molecule has 12 heavy (non-hydrogen) atoms. The van der Waals surface area contributed by atoms with E-state index in [1.807, 2.05) is 0 Å². The van der Waals surface area contributed by atoms with Crippen LogP contribution >= 0.6 is 0 Å². The molecule has 0 spiro atoms. The zero-order valence-corrected chi connectivity index (χ0v) is 7.21. The van der Waals surface area contributed by atoms with E-state index in [1.54, 1.807) is 6.20 Å². The molecule has 0 atom stereocenters. The third-order valence-corrected chi connectivity index (χ3v) is 1.44. The van der Waals surface area contributed by atoms with Gasteiger partial charge in [-0.15, -0.1) is 0 Å². The molecule has 4 nitrogen and oxygen atoms in total. The third-order valence-electron chi connectivity index (χ3n) is 1.44. The standard InChI is InChI=1S/C8H14N2O2/c1-2-3-12-6-8-9-4-7(5-11)10-8/h4,11H,2-3,5-6H2,1H3,(H,9,10). The number of hydrogen-bond donors (Lipinski definition) is 2. The van der Waals surface area contributed by atoms with Crippen LogP contribution in [-0.4, -0.2) is 21.7 Å². The monoisotopic (exact) mass is 170 g/mol. The first-order chi connectivity index (χ1) is 5.86. The smallest absolute Gasteiger partial charge is 0.132 e. The minimum absolute atomic E-state index is 0.000772. The van der Waals surface area contributed by atoms with E-state index in [-0.39, 0.29) is 6.61 Å². The average Bonchev–Trinajstić information content (AvgIpc) is 2.53. The van der Waals surface area contributed by atoms with Gasteiger partial charge < -0.3 is 14.8 Å². The molecule has 0 aliphatic rings. The highest BCUT2D eigenvalue weighted by atomic mass is 16.5. The summed E-state index contributed by atoms with van der Waals surface area (Å²) in [6.07, 6.45) is 2.62. The Hall–Kier alpha value is -0.870. The van der Waals surface area contributed by atoms with Crippen molar-refractivity contribution in [3.05, 3.63) is 17.7 Å². The van der Waals surface area contributed by atoms with E-state index in [4.69, 9.17) is 9.84 Å². The second-order valence-electron chi connectivity index (χ2n) is 2.57. The first-order valence-corrected chi connectivity index (χ1v) is 4.08. The molecular formula is C8H14N2O2. The van der Waals surface area contributed by atoms with Gasteiger partial charge in [-0.25, -0.2) is 4.98 Å². The second-order valence-corrected chi connectivity index (χ2v) is 2.57. The van der Waals surface area contributed by atoms with E-state index in [0.717, 1.165) is 24.5 Å². The Morgan fingerprint density at radius 3 is 3.08 bits per heavy atom. The van der Waals surface area contributed by atoms with Crippen LogP contribution in [0.25, 0.3) is 0 Å². The maximum Gasteiger partial charge on any atom is 0.132 e. The molecule has 0 bridgehead atoms. The number of nitrogens with one attached hydrogen (secondary N) is 1. The lowest BCUT2D eigenvalue weighted by Crippen LogP contribution is -1.96. The highest BCUT2D eigenvalue weighted by molar-refractivity contribution is 4.98. The number of aliphatic hydroxyl groups is 1.